The van der Waals surface area contributed by atoms with Crippen LogP contribution in [-0.4, -0.2) is 30.9 Å². The van der Waals surface area contributed by atoms with Crippen LogP contribution in [0.2, 0.25) is 0 Å². The van der Waals surface area contributed by atoms with E-state index in [0.29, 0.717) is 5.56 Å². The van der Waals surface area contributed by atoms with Crippen molar-refractivity contribution in [3.63, 3.8) is 0 Å². The zero-order chi connectivity index (χ0) is 14.3. The van der Waals surface area contributed by atoms with E-state index in [0.717, 1.165) is 4.31 Å². The van der Waals surface area contributed by atoms with E-state index in [-0.39, 0.29) is 19.4 Å². The number of halogens is 3. The van der Waals surface area contributed by atoms with E-state index in [1.54, 1.807) is 6.07 Å². The molecule has 0 saturated heterocycles. The van der Waals surface area contributed by atoms with Crippen molar-refractivity contribution in [1.29, 1.82) is 0 Å². The van der Waals surface area contributed by atoms with Gasteiger partial charge in [-0.2, -0.15) is 4.31 Å². The summed E-state index contributed by atoms with van der Waals surface area (Å²) in [7, 11) is -2.84. The van der Waals surface area contributed by atoms with Crippen molar-refractivity contribution < 1.29 is 21.6 Å². The molecule has 1 aromatic carbocycles. The van der Waals surface area contributed by atoms with E-state index < -0.39 is 27.0 Å². The Labute approximate surface area is 110 Å². The summed E-state index contributed by atoms with van der Waals surface area (Å²) in [6.07, 6.45) is -2.95. The molecule has 1 saturated carbocycles. The number of hydrogen-bond acceptors (Lipinski definition) is 2. The summed E-state index contributed by atoms with van der Waals surface area (Å²) in [6.45, 7) is -0.117. The summed E-state index contributed by atoms with van der Waals surface area (Å²) < 4.78 is 61.9. The first kappa shape index (κ1) is 14.3. The maximum atomic E-state index is 13.0. The maximum Gasteiger partial charge on any atom is 0.259 e. The van der Waals surface area contributed by atoms with Gasteiger partial charge in [0.1, 0.15) is 10.6 Å². The van der Waals surface area contributed by atoms with Crippen LogP contribution in [0, 0.1) is 5.82 Å². The first-order valence-electron chi connectivity index (χ1n) is 5.78. The molecule has 0 unspecified atom stereocenters. The van der Waals surface area contributed by atoms with Gasteiger partial charge in [-0.3, -0.25) is 0 Å². The van der Waals surface area contributed by atoms with Gasteiger partial charge in [-0.05, 0) is 30.5 Å². The van der Waals surface area contributed by atoms with Crippen LogP contribution in [0.3, 0.4) is 0 Å². The van der Waals surface area contributed by atoms with Gasteiger partial charge in [0.2, 0.25) is 10.0 Å². The number of sulfonamides is 1. The number of hydrogen-bond donors (Lipinski definition) is 0. The van der Waals surface area contributed by atoms with Crippen molar-refractivity contribution in [3.8, 4) is 0 Å². The lowest BCUT2D eigenvalue weighted by Crippen LogP contribution is -2.41. The topological polar surface area (TPSA) is 37.4 Å². The minimum Gasteiger partial charge on any atom is -0.211 e. The fraction of sp³-hybridized carbons (Fsp3) is 0.500. The number of nitrogens with zero attached hydrogens (tertiary/aromatic N) is 1. The van der Waals surface area contributed by atoms with Crippen LogP contribution in [0.25, 0.3) is 0 Å². The third kappa shape index (κ3) is 2.49. The largest absolute Gasteiger partial charge is 0.259 e. The lowest BCUT2D eigenvalue weighted by atomic mass is 10.2. The minimum absolute atomic E-state index is 0.0273. The Hall–Kier alpha value is -1.08. The molecule has 1 aliphatic carbocycles. The van der Waals surface area contributed by atoms with E-state index in [4.69, 9.17) is 0 Å². The second-order valence-corrected chi connectivity index (χ2v) is 7.14. The molecular weight excluding hydrogens is 279 g/mol. The summed E-state index contributed by atoms with van der Waals surface area (Å²) >= 11 is 0. The molecular formula is C12H14F3NO2S. The van der Waals surface area contributed by atoms with Gasteiger partial charge in [0.15, 0.2) is 0 Å². The van der Waals surface area contributed by atoms with Gasteiger partial charge in [0.05, 0.1) is 0 Å². The third-order valence-electron chi connectivity index (χ3n) is 3.36. The lowest BCUT2D eigenvalue weighted by molar-refractivity contribution is 0.130. The molecule has 0 bridgehead atoms. The van der Waals surface area contributed by atoms with Gasteiger partial charge in [0.25, 0.3) is 6.43 Å². The predicted octanol–water partition coefficient (Wildman–Crippen LogP) is 2.39. The number of benzene rings is 1. The van der Waals surface area contributed by atoms with Crippen molar-refractivity contribution in [3.05, 3.63) is 35.6 Å². The second kappa shape index (κ2) is 4.79. The predicted molar refractivity (Wildman–Crippen MR) is 64.8 cm³/mol. The summed E-state index contributed by atoms with van der Waals surface area (Å²) in [6, 6.07) is 5.43. The fourth-order valence-corrected chi connectivity index (χ4v) is 3.78. The highest BCUT2D eigenvalue weighted by molar-refractivity contribution is 7.90. The standard InChI is InChI=1S/C12H14F3NO2S/c1-16(8-9-3-2-4-10(13)7-9)19(17,18)12(5-6-12)11(14)15/h2-4,7,11H,5-6,8H2,1H3. The summed E-state index contributed by atoms with van der Waals surface area (Å²) in [5.41, 5.74) is 0.427. The quantitative estimate of drug-likeness (QED) is 0.836. The fourth-order valence-electron chi connectivity index (χ4n) is 2.00. The Bertz CT molecular complexity index is 570. The third-order valence-corrected chi connectivity index (χ3v) is 5.92. The van der Waals surface area contributed by atoms with E-state index in [1.165, 1.54) is 25.2 Å². The van der Waals surface area contributed by atoms with Gasteiger partial charge >= 0.3 is 0 Å². The highest BCUT2D eigenvalue weighted by Gasteiger charge is 2.63. The van der Waals surface area contributed by atoms with Crippen LogP contribution >= 0.6 is 0 Å². The van der Waals surface area contributed by atoms with Crippen molar-refractivity contribution >= 4 is 10.0 Å². The number of alkyl halides is 2. The van der Waals surface area contributed by atoms with Crippen LogP contribution in [0.5, 0.6) is 0 Å². The summed E-state index contributed by atoms with van der Waals surface area (Å²) in [5, 5.41) is 0. The van der Waals surface area contributed by atoms with Crippen molar-refractivity contribution in [1.82, 2.24) is 4.31 Å². The highest BCUT2D eigenvalue weighted by Crippen LogP contribution is 2.49. The molecule has 2 rings (SSSR count). The Morgan fingerprint density at radius 3 is 2.47 bits per heavy atom. The molecule has 0 atom stereocenters. The van der Waals surface area contributed by atoms with Crippen LogP contribution in [0.1, 0.15) is 18.4 Å². The SMILES string of the molecule is CN(Cc1cccc(F)c1)S(=O)(=O)C1(C(F)F)CC1. The first-order valence-corrected chi connectivity index (χ1v) is 7.22. The van der Waals surface area contributed by atoms with E-state index in [9.17, 15) is 21.6 Å². The molecule has 106 valence electrons. The summed E-state index contributed by atoms with van der Waals surface area (Å²) in [4.78, 5) is 0. The lowest BCUT2D eigenvalue weighted by Gasteiger charge is -2.23. The summed E-state index contributed by atoms with van der Waals surface area (Å²) in [5.74, 6) is -0.488. The molecule has 3 nitrogen and oxygen atoms in total. The van der Waals surface area contributed by atoms with E-state index >= 15 is 0 Å². The second-order valence-electron chi connectivity index (χ2n) is 4.76. The molecule has 0 radical (unpaired) electrons. The smallest absolute Gasteiger partial charge is 0.211 e. The molecule has 19 heavy (non-hydrogen) atoms. The molecule has 7 heteroatoms. The Morgan fingerprint density at radius 2 is 2.00 bits per heavy atom. The van der Waals surface area contributed by atoms with Gasteiger partial charge < -0.3 is 0 Å². The van der Waals surface area contributed by atoms with Crippen LogP contribution in [0.4, 0.5) is 13.2 Å². The van der Waals surface area contributed by atoms with Gasteiger partial charge in [0, 0.05) is 13.6 Å². The van der Waals surface area contributed by atoms with Crippen molar-refractivity contribution in [2.75, 3.05) is 7.05 Å². The molecule has 0 aromatic heterocycles. The molecule has 0 heterocycles. The number of rotatable bonds is 5. The van der Waals surface area contributed by atoms with Crippen molar-refractivity contribution in [2.24, 2.45) is 0 Å². The van der Waals surface area contributed by atoms with Crippen LogP contribution in [0.15, 0.2) is 24.3 Å². The minimum atomic E-state index is -4.08. The molecule has 1 aliphatic rings. The molecule has 0 aliphatic heterocycles. The van der Waals surface area contributed by atoms with Crippen molar-refractivity contribution in [2.45, 2.75) is 30.6 Å². The Kier molecular flexibility index (Phi) is 3.61. The van der Waals surface area contributed by atoms with E-state index in [1.807, 2.05) is 0 Å². The average molecular weight is 293 g/mol. The van der Waals surface area contributed by atoms with Crippen LogP contribution < -0.4 is 0 Å². The first-order chi connectivity index (χ1) is 8.79. The van der Waals surface area contributed by atoms with Crippen LogP contribution in [-0.2, 0) is 16.6 Å². The molecule has 0 N–H and O–H groups in total. The Morgan fingerprint density at radius 1 is 1.37 bits per heavy atom. The molecule has 1 fully saturated rings. The normalized spacial score (nSPS) is 18.0. The van der Waals surface area contributed by atoms with E-state index in [2.05, 4.69) is 0 Å². The molecule has 0 amide bonds. The Balaban J connectivity index is 2.18. The highest BCUT2D eigenvalue weighted by atomic mass is 32.2. The average Bonchev–Trinajstić information content (AvgIpc) is 3.09. The monoisotopic (exact) mass is 293 g/mol. The molecule has 1 aromatic rings. The van der Waals surface area contributed by atoms with Gasteiger partial charge in [-0.25, -0.2) is 21.6 Å². The zero-order valence-electron chi connectivity index (χ0n) is 10.3. The van der Waals surface area contributed by atoms with Gasteiger partial charge in [-0.1, -0.05) is 12.1 Å². The molecule has 0 spiro atoms. The maximum absolute atomic E-state index is 13.0. The zero-order valence-corrected chi connectivity index (χ0v) is 11.1. The van der Waals surface area contributed by atoms with Gasteiger partial charge in [-0.15, -0.1) is 0 Å².